The van der Waals surface area contributed by atoms with Gasteiger partial charge in [-0.05, 0) is 41.6 Å². The lowest BCUT2D eigenvalue weighted by Crippen LogP contribution is -2.52. The number of rotatable bonds is 3. The van der Waals surface area contributed by atoms with Gasteiger partial charge in [-0.25, -0.2) is 0 Å². The molecular weight excluding hydrogens is 407 g/mol. The van der Waals surface area contributed by atoms with Gasteiger partial charge in [-0.2, -0.15) is 0 Å². The van der Waals surface area contributed by atoms with Crippen molar-refractivity contribution in [1.29, 1.82) is 0 Å². The first-order chi connectivity index (χ1) is 9.58. The molecule has 21 heavy (non-hydrogen) atoms. The van der Waals surface area contributed by atoms with E-state index in [4.69, 9.17) is 9.47 Å². The molecular formula is C14H20ClIN2O3. The summed E-state index contributed by atoms with van der Waals surface area (Å²) in [6, 6.07) is 3.79. The Kier molecular flexibility index (Phi) is 7.02. The zero-order chi connectivity index (χ0) is 14.7. The van der Waals surface area contributed by atoms with Gasteiger partial charge in [0.1, 0.15) is 0 Å². The Balaban J connectivity index is 0.00000220. The van der Waals surface area contributed by atoms with Gasteiger partial charge in [0.15, 0.2) is 11.5 Å². The van der Waals surface area contributed by atoms with Gasteiger partial charge in [-0.15, -0.1) is 12.4 Å². The van der Waals surface area contributed by atoms with Crippen molar-refractivity contribution in [2.75, 3.05) is 33.9 Å². The van der Waals surface area contributed by atoms with Gasteiger partial charge in [-0.3, -0.25) is 4.79 Å². The molecule has 1 aromatic carbocycles. The third-order valence-electron chi connectivity index (χ3n) is 3.47. The highest BCUT2D eigenvalue weighted by Crippen LogP contribution is 2.32. The molecule has 118 valence electrons. The third kappa shape index (κ3) is 3.92. The molecule has 0 aliphatic carbocycles. The van der Waals surface area contributed by atoms with Gasteiger partial charge in [0.25, 0.3) is 5.91 Å². The highest BCUT2D eigenvalue weighted by molar-refractivity contribution is 14.1. The number of piperazine rings is 1. The van der Waals surface area contributed by atoms with E-state index in [1.807, 2.05) is 11.0 Å². The molecule has 1 amide bonds. The van der Waals surface area contributed by atoms with Gasteiger partial charge in [0.05, 0.1) is 19.8 Å². The number of carbonyl (C=O) groups excluding carboxylic acids is 1. The molecule has 0 radical (unpaired) electrons. The lowest BCUT2D eigenvalue weighted by atomic mass is 10.1. The second-order valence-electron chi connectivity index (χ2n) is 4.74. The summed E-state index contributed by atoms with van der Waals surface area (Å²) >= 11 is 2.16. The number of benzene rings is 1. The summed E-state index contributed by atoms with van der Waals surface area (Å²) in [5.74, 6) is 1.27. The van der Waals surface area contributed by atoms with E-state index in [0.29, 0.717) is 17.1 Å². The monoisotopic (exact) mass is 426 g/mol. The summed E-state index contributed by atoms with van der Waals surface area (Å²) < 4.78 is 11.4. The molecule has 1 atom stereocenters. The number of amides is 1. The van der Waals surface area contributed by atoms with Crippen LogP contribution in [-0.2, 0) is 0 Å². The molecule has 0 aromatic heterocycles. The molecule has 0 bridgehead atoms. The minimum atomic E-state index is 0. The first kappa shape index (κ1) is 18.3. The summed E-state index contributed by atoms with van der Waals surface area (Å²) in [4.78, 5) is 14.6. The van der Waals surface area contributed by atoms with Crippen molar-refractivity contribution in [2.45, 2.75) is 13.0 Å². The maximum atomic E-state index is 12.7. The van der Waals surface area contributed by atoms with Crippen molar-refractivity contribution in [2.24, 2.45) is 0 Å². The van der Waals surface area contributed by atoms with Crippen LogP contribution in [0.25, 0.3) is 0 Å². The number of nitrogens with one attached hydrogen (secondary N) is 1. The fraction of sp³-hybridized carbons (Fsp3) is 0.500. The van der Waals surface area contributed by atoms with Crippen LogP contribution in [-0.4, -0.2) is 50.7 Å². The van der Waals surface area contributed by atoms with Gasteiger partial charge in [0, 0.05) is 29.2 Å². The van der Waals surface area contributed by atoms with E-state index in [1.54, 1.807) is 20.3 Å². The first-order valence-corrected chi connectivity index (χ1v) is 7.59. The Labute approximate surface area is 144 Å². The summed E-state index contributed by atoms with van der Waals surface area (Å²) in [6.07, 6.45) is 0. The van der Waals surface area contributed by atoms with Crippen LogP contribution in [0.1, 0.15) is 17.3 Å². The molecule has 1 saturated heterocycles. The number of methoxy groups -OCH3 is 2. The normalized spacial score (nSPS) is 17.9. The van der Waals surface area contributed by atoms with E-state index in [1.165, 1.54) is 0 Å². The maximum Gasteiger partial charge on any atom is 0.255 e. The third-order valence-corrected chi connectivity index (χ3v) is 4.36. The number of carbonyl (C=O) groups is 1. The smallest absolute Gasteiger partial charge is 0.255 e. The minimum Gasteiger partial charge on any atom is -0.493 e. The van der Waals surface area contributed by atoms with Crippen LogP contribution < -0.4 is 14.8 Å². The maximum absolute atomic E-state index is 12.7. The SMILES string of the molecule is COc1cc(I)c(C(=O)N2CCNC[C@@H]2C)cc1OC.Cl. The van der Waals surface area contributed by atoms with Crippen molar-refractivity contribution in [3.63, 3.8) is 0 Å². The lowest BCUT2D eigenvalue weighted by molar-refractivity contribution is 0.0654. The van der Waals surface area contributed by atoms with E-state index < -0.39 is 0 Å². The van der Waals surface area contributed by atoms with Crippen LogP contribution >= 0.6 is 35.0 Å². The predicted octanol–water partition coefficient (Wildman–Crippen LogP) is 2.16. The molecule has 0 unspecified atom stereocenters. The number of hydrogen-bond acceptors (Lipinski definition) is 4. The summed E-state index contributed by atoms with van der Waals surface area (Å²) in [6.45, 7) is 4.44. The molecule has 1 heterocycles. The van der Waals surface area contributed by atoms with Crippen LogP contribution in [0, 0.1) is 3.57 Å². The average molecular weight is 427 g/mol. The number of hydrogen-bond donors (Lipinski definition) is 1. The van der Waals surface area contributed by atoms with Crippen LogP contribution in [0.3, 0.4) is 0 Å². The predicted molar refractivity (Wildman–Crippen MR) is 92.9 cm³/mol. The molecule has 5 nitrogen and oxygen atoms in total. The summed E-state index contributed by atoms with van der Waals surface area (Å²) in [5, 5.41) is 3.29. The second kappa shape index (κ2) is 8.05. The molecule has 1 N–H and O–H groups in total. The van der Waals surface area contributed by atoms with Crippen molar-refractivity contribution in [1.82, 2.24) is 10.2 Å². The molecule has 1 fully saturated rings. The number of halogens is 2. The van der Waals surface area contributed by atoms with E-state index in [2.05, 4.69) is 34.8 Å². The molecule has 2 rings (SSSR count). The highest BCUT2D eigenvalue weighted by Gasteiger charge is 2.26. The van der Waals surface area contributed by atoms with Crippen LogP contribution in [0.15, 0.2) is 12.1 Å². The Hall–Kier alpha value is -0.730. The number of nitrogens with zero attached hydrogens (tertiary/aromatic N) is 1. The largest absolute Gasteiger partial charge is 0.493 e. The summed E-state index contributed by atoms with van der Waals surface area (Å²) in [5.41, 5.74) is 0.664. The summed E-state index contributed by atoms with van der Waals surface area (Å²) in [7, 11) is 3.17. The van der Waals surface area contributed by atoms with E-state index >= 15 is 0 Å². The van der Waals surface area contributed by atoms with Crippen molar-refractivity contribution in [3.8, 4) is 11.5 Å². The standard InChI is InChI=1S/C14H19IN2O3.ClH/c1-9-8-16-4-5-17(9)14(18)10-6-12(19-2)13(20-3)7-11(10)15;/h6-7,9,16H,4-5,8H2,1-3H3;1H/t9-;/m0./s1. The van der Waals surface area contributed by atoms with Gasteiger partial charge >= 0.3 is 0 Å². The minimum absolute atomic E-state index is 0. The van der Waals surface area contributed by atoms with Crippen LogP contribution in [0.5, 0.6) is 11.5 Å². The van der Waals surface area contributed by atoms with Crippen molar-refractivity contribution < 1.29 is 14.3 Å². The Morgan fingerprint density at radius 2 is 1.95 bits per heavy atom. The average Bonchev–Trinajstić information content (AvgIpc) is 2.46. The lowest BCUT2D eigenvalue weighted by Gasteiger charge is -2.34. The number of ether oxygens (including phenoxy) is 2. The molecule has 1 aliphatic rings. The van der Waals surface area contributed by atoms with Gasteiger partial charge in [0.2, 0.25) is 0 Å². The van der Waals surface area contributed by atoms with Crippen LogP contribution in [0.2, 0.25) is 0 Å². The quantitative estimate of drug-likeness (QED) is 0.753. The van der Waals surface area contributed by atoms with Gasteiger partial charge in [-0.1, -0.05) is 0 Å². The van der Waals surface area contributed by atoms with E-state index in [9.17, 15) is 4.79 Å². The molecule has 1 aliphatic heterocycles. The Bertz CT molecular complexity index is 513. The Morgan fingerprint density at radius 3 is 2.52 bits per heavy atom. The van der Waals surface area contributed by atoms with Gasteiger partial charge < -0.3 is 19.7 Å². The van der Waals surface area contributed by atoms with Crippen molar-refractivity contribution >= 4 is 40.9 Å². The van der Waals surface area contributed by atoms with Crippen molar-refractivity contribution in [3.05, 3.63) is 21.3 Å². The molecule has 7 heteroatoms. The Morgan fingerprint density at radius 1 is 1.33 bits per heavy atom. The first-order valence-electron chi connectivity index (χ1n) is 6.51. The zero-order valence-corrected chi connectivity index (χ0v) is 15.3. The molecule has 0 spiro atoms. The van der Waals surface area contributed by atoms with E-state index in [0.717, 1.165) is 23.2 Å². The fourth-order valence-corrected chi connectivity index (χ4v) is 2.98. The zero-order valence-electron chi connectivity index (χ0n) is 12.3. The van der Waals surface area contributed by atoms with E-state index in [-0.39, 0.29) is 24.4 Å². The van der Waals surface area contributed by atoms with Crippen LogP contribution in [0.4, 0.5) is 0 Å². The fourth-order valence-electron chi connectivity index (χ4n) is 2.32. The second-order valence-corrected chi connectivity index (χ2v) is 5.90. The molecule has 0 saturated carbocycles. The highest BCUT2D eigenvalue weighted by atomic mass is 127. The molecule has 1 aromatic rings. The topological polar surface area (TPSA) is 50.8 Å².